The van der Waals surface area contributed by atoms with Crippen molar-refractivity contribution in [3.8, 4) is 0 Å². The maximum atomic E-state index is 12.5. The second-order valence-corrected chi connectivity index (χ2v) is 6.16. The van der Waals surface area contributed by atoms with E-state index in [4.69, 9.17) is 28.3 Å². The summed E-state index contributed by atoms with van der Waals surface area (Å²) in [7, 11) is 0. The van der Waals surface area contributed by atoms with Crippen molar-refractivity contribution in [2.75, 3.05) is 13.1 Å². The molecule has 114 valence electrons. The molecule has 1 heterocycles. The van der Waals surface area contributed by atoms with Crippen LogP contribution in [0.1, 0.15) is 36.0 Å². The van der Waals surface area contributed by atoms with Gasteiger partial charge in [-0.05, 0) is 43.4 Å². The van der Waals surface area contributed by atoms with Gasteiger partial charge in [-0.3, -0.25) is 9.59 Å². The van der Waals surface area contributed by atoms with Gasteiger partial charge < -0.3 is 10.0 Å². The van der Waals surface area contributed by atoms with E-state index in [9.17, 15) is 9.59 Å². The average Bonchev–Trinajstić information content (AvgIpc) is 2.47. The van der Waals surface area contributed by atoms with Crippen LogP contribution in [0.4, 0.5) is 0 Å². The van der Waals surface area contributed by atoms with Crippen molar-refractivity contribution in [1.82, 2.24) is 4.90 Å². The van der Waals surface area contributed by atoms with Gasteiger partial charge in [0.25, 0.3) is 5.91 Å². The molecule has 1 aliphatic heterocycles. The number of halogens is 2. The number of likely N-dealkylation sites (tertiary alicyclic amines) is 1. The van der Waals surface area contributed by atoms with Crippen LogP contribution in [0.2, 0.25) is 10.0 Å². The Morgan fingerprint density at radius 3 is 2.81 bits per heavy atom. The molecule has 0 saturated carbocycles. The minimum Gasteiger partial charge on any atom is -0.481 e. The summed E-state index contributed by atoms with van der Waals surface area (Å²) in [5.41, 5.74) is 0.406. The molecule has 0 aromatic heterocycles. The topological polar surface area (TPSA) is 57.6 Å². The van der Waals surface area contributed by atoms with E-state index in [1.165, 1.54) is 0 Å². The fraction of sp³-hybridized carbons (Fsp3) is 0.467. The number of rotatable bonds is 4. The van der Waals surface area contributed by atoms with Crippen molar-refractivity contribution < 1.29 is 14.7 Å². The van der Waals surface area contributed by atoms with Gasteiger partial charge in [-0.1, -0.05) is 23.2 Å². The first-order valence-corrected chi connectivity index (χ1v) is 7.69. The van der Waals surface area contributed by atoms with Gasteiger partial charge in [0.2, 0.25) is 0 Å². The summed E-state index contributed by atoms with van der Waals surface area (Å²) in [6.07, 6.45) is 2.58. The first-order chi connectivity index (χ1) is 9.97. The van der Waals surface area contributed by atoms with E-state index in [0.717, 1.165) is 12.8 Å². The number of carboxylic acids is 1. The molecule has 1 fully saturated rings. The number of aliphatic carboxylic acids is 1. The zero-order valence-corrected chi connectivity index (χ0v) is 13.0. The molecule has 2 rings (SSSR count). The van der Waals surface area contributed by atoms with Gasteiger partial charge in [0.15, 0.2) is 0 Å². The number of piperidine rings is 1. The predicted molar refractivity (Wildman–Crippen MR) is 82.0 cm³/mol. The van der Waals surface area contributed by atoms with Crippen molar-refractivity contribution in [1.29, 1.82) is 0 Å². The number of carbonyl (C=O) groups is 2. The van der Waals surface area contributed by atoms with Crippen LogP contribution in [0.3, 0.4) is 0 Å². The van der Waals surface area contributed by atoms with Crippen LogP contribution in [0.15, 0.2) is 18.2 Å². The molecule has 1 atom stereocenters. The Balaban J connectivity index is 2.05. The molecule has 1 N–H and O–H groups in total. The van der Waals surface area contributed by atoms with Crippen LogP contribution in [0, 0.1) is 5.92 Å². The van der Waals surface area contributed by atoms with E-state index < -0.39 is 5.97 Å². The predicted octanol–water partition coefficient (Wildman–Crippen LogP) is 3.71. The maximum Gasteiger partial charge on any atom is 0.303 e. The molecule has 0 bridgehead atoms. The second-order valence-electron chi connectivity index (χ2n) is 5.32. The SMILES string of the molecule is O=C(O)CCC1CCCN(C(=O)c2cc(Cl)ccc2Cl)C1. The van der Waals surface area contributed by atoms with Crippen LogP contribution in [0.5, 0.6) is 0 Å². The lowest BCUT2D eigenvalue weighted by molar-refractivity contribution is -0.137. The summed E-state index contributed by atoms with van der Waals surface area (Å²) in [6.45, 7) is 1.25. The fourth-order valence-corrected chi connectivity index (χ4v) is 3.01. The number of nitrogens with zero attached hydrogens (tertiary/aromatic N) is 1. The normalized spacial score (nSPS) is 18.6. The summed E-state index contributed by atoms with van der Waals surface area (Å²) in [6, 6.07) is 4.84. The molecular formula is C15H17Cl2NO3. The fourth-order valence-electron chi connectivity index (χ4n) is 2.64. The van der Waals surface area contributed by atoms with E-state index in [1.54, 1.807) is 23.1 Å². The number of carboxylic acid groups (broad SMARTS) is 1. The smallest absolute Gasteiger partial charge is 0.303 e. The molecule has 1 saturated heterocycles. The van der Waals surface area contributed by atoms with E-state index in [-0.39, 0.29) is 18.2 Å². The zero-order chi connectivity index (χ0) is 15.4. The summed E-state index contributed by atoms with van der Waals surface area (Å²) in [5, 5.41) is 9.61. The van der Waals surface area contributed by atoms with Gasteiger partial charge in [0.05, 0.1) is 10.6 Å². The maximum absolute atomic E-state index is 12.5. The molecule has 6 heteroatoms. The Morgan fingerprint density at radius 1 is 1.33 bits per heavy atom. The third-order valence-electron chi connectivity index (χ3n) is 3.73. The highest BCUT2D eigenvalue weighted by molar-refractivity contribution is 6.35. The third-order valence-corrected chi connectivity index (χ3v) is 4.30. The quantitative estimate of drug-likeness (QED) is 0.915. The molecule has 0 spiro atoms. The molecular weight excluding hydrogens is 313 g/mol. The first kappa shape index (κ1) is 16.1. The van der Waals surface area contributed by atoms with Gasteiger partial charge in [-0.25, -0.2) is 0 Å². The monoisotopic (exact) mass is 329 g/mol. The lowest BCUT2D eigenvalue weighted by Gasteiger charge is -2.33. The number of amides is 1. The molecule has 0 radical (unpaired) electrons. The summed E-state index contributed by atoms with van der Waals surface area (Å²) in [4.78, 5) is 24.9. The van der Waals surface area contributed by atoms with Crippen molar-refractivity contribution in [3.63, 3.8) is 0 Å². The van der Waals surface area contributed by atoms with E-state index in [2.05, 4.69) is 0 Å². The minimum absolute atomic E-state index is 0.137. The van der Waals surface area contributed by atoms with Crippen LogP contribution in [-0.2, 0) is 4.79 Å². The summed E-state index contributed by atoms with van der Waals surface area (Å²) in [5.74, 6) is -0.698. The number of hydrogen-bond acceptors (Lipinski definition) is 2. The molecule has 0 aliphatic carbocycles. The Morgan fingerprint density at radius 2 is 2.10 bits per heavy atom. The number of hydrogen-bond donors (Lipinski definition) is 1. The minimum atomic E-state index is -0.795. The Bertz CT molecular complexity index is 548. The van der Waals surface area contributed by atoms with Gasteiger partial charge in [0.1, 0.15) is 0 Å². The van der Waals surface area contributed by atoms with E-state index >= 15 is 0 Å². The van der Waals surface area contributed by atoms with Crippen molar-refractivity contribution in [2.24, 2.45) is 5.92 Å². The molecule has 21 heavy (non-hydrogen) atoms. The molecule has 1 unspecified atom stereocenters. The third kappa shape index (κ3) is 4.35. The Hall–Kier alpha value is -1.26. The molecule has 1 aliphatic rings. The molecule has 1 amide bonds. The van der Waals surface area contributed by atoms with Crippen molar-refractivity contribution in [2.45, 2.75) is 25.7 Å². The summed E-state index contributed by atoms with van der Waals surface area (Å²) < 4.78 is 0. The van der Waals surface area contributed by atoms with Crippen molar-refractivity contribution >= 4 is 35.1 Å². The second kappa shape index (κ2) is 7.14. The Kier molecular flexibility index (Phi) is 5.48. The molecule has 1 aromatic carbocycles. The summed E-state index contributed by atoms with van der Waals surface area (Å²) >= 11 is 12.0. The average molecular weight is 330 g/mol. The van der Waals surface area contributed by atoms with E-state index in [0.29, 0.717) is 35.1 Å². The van der Waals surface area contributed by atoms with Crippen LogP contribution >= 0.6 is 23.2 Å². The Labute approximate surface area is 133 Å². The lowest BCUT2D eigenvalue weighted by atomic mass is 9.93. The highest BCUT2D eigenvalue weighted by Crippen LogP contribution is 2.26. The highest BCUT2D eigenvalue weighted by Gasteiger charge is 2.26. The lowest BCUT2D eigenvalue weighted by Crippen LogP contribution is -2.40. The highest BCUT2D eigenvalue weighted by atomic mass is 35.5. The van der Waals surface area contributed by atoms with Crippen molar-refractivity contribution in [3.05, 3.63) is 33.8 Å². The zero-order valence-electron chi connectivity index (χ0n) is 11.5. The van der Waals surface area contributed by atoms with E-state index in [1.807, 2.05) is 0 Å². The van der Waals surface area contributed by atoms with Gasteiger partial charge >= 0.3 is 5.97 Å². The van der Waals surface area contributed by atoms with Crippen LogP contribution in [-0.4, -0.2) is 35.0 Å². The van der Waals surface area contributed by atoms with Gasteiger partial charge in [-0.15, -0.1) is 0 Å². The number of benzene rings is 1. The van der Waals surface area contributed by atoms with Gasteiger partial charge in [-0.2, -0.15) is 0 Å². The standard InChI is InChI=1S/C15H17Cl2NO3/c16-11-4-5-13(17)12(8-11)15(21)18-7-1-2-10(9-18)3-6-14(19)20/h4-5,8,10H,1-3,6-7,9H2,(H,19,20). The van der Waals surface area contributed by atoms with Crippen LogP contribution in [0.25, 0.3) is 0 Å². The molecule has 1 aromatic rings. The first-order valence-electron chi connectivity index (χ1n) is 6.93. The van der Waals surface area contributed by atoms with Gasteiger partial charge in [0, 0.05) is 24.5 Å². The van der Waals surface area contributed by atoms with Crippen LogP contribution < -0.4 is 0 Å². The number of carbonyl (C=O) groups excluding carboxylic acids is 1. The largest absolute Gasteiger partial charge is 0.481 e. The molecule has 4 nitrogen and oxygen atoms in total.